The van der Waals surface area contributed by atoms with Gasteiger partial charge in [-0.05, 0) is 18.2 Å². The number of hydrogen-bond acceptors (Lipinski definition) is 8. The minimum absolute atomic E-state index is 0.0316. The molecule has 0 fully saturated rings. The predicted molar refractivity (Wildman–Crippen MR) is 156 cm³/mol. The number of carbonyl (C=O) groups excluding carboxylic acids is 1. The number of urea groups is 1. The number of amides is 2. The Kier molecular flexibility index (Phi) is 9.05. The topological polar surface area (TPSA) is 144 Å². The lowest BCUT2D eigenvalue weighted by Gasteiger charge is -2.29. The van der Waals surface area contributed by atoms with E-state index in [-0.39, 0.29) is 71.2 Å². The SMILES string of the molecule is CC(F)(F)CNC(=O)N1Cc2nc(N)nc(-c3c(Cl)cc(Cl)cc3OCCC(O)(Cn3cncn3)c3ccc(F)cc3F)c2C1. The van der Waals surface area contributed by atoms with E-state index in [1.54, 1.807) is 0 Å². The minimum atomic E-state index is -3.11. The van der Waals surface area contributed by atoms with Crippen molar-refractivity contribution < 1.29 is 32.2 Å². The summed E-state index contributed by atoms with van der Waals surface area (Å²) in [6.07, 6.45) is 2.37. The van der Waals surface area contributed by atoms with Crippen LogP contribution in [-0.4, -0.2) is 59.8 Å². The number of ether oxygens (including phenoxy) is 1. The van der Waals surface area contributed by atoms with Crippen LogP contribution in [0, 0.1) is 11.6 Å². The smallest absolute Gasteiger partial charge is 0.318 e. The number of nitrogens with one attached hydrogen (secondary N) is 1. The summed E-state index contributed by atoms with van der Waals surface area (Å²) in [4.78, 5) is 26.3. The van der Waals surface area contributed by atoms with Crippen molar-refractivity contribution in [3.8, 4) is 17.0 Å². The highest BCUT2D eigenvalue weighted by molar-refractivity contribution is 6.37. The van der Waals surface area contributed by atoms with Crippen LogP contribution >= 0.6 is 23.2 Å². The van der Waals surface area contributed by atoms with Crippen molar-refractivity contribution in [2.75, 3.05) is 18.9 Å². The van der Waals surface area contributed by atoms with Crippen LogP contribution in [-0.2, 0) is 25.2 Å². The highest BCUT2D eigenvalue weighted by Crippen LogP contribution is 2.43. The van der Waals surface area contributed by atoms with E-state index >= 15 is 0 Å². The third kappa shape index (κ3) is 7.37. The molecule has 4 aromatic rings. The molecule has 2 amide bonds. The van der Waals surface area contributed by atoms with E-state index in [1.807, 2.05) is 0 Å². The van der Waals surface area contributed by atoms with Crippen LogP contribution in [0.4, 0.5) is 28.3 Å². The van der Waals surface area contributed by atoms with Crippen molar-refractivity contribution in [2.45, 2.75) is 44.5 Å². The zero-order valence-corrected chi connectivity index (χ0v) is 25.1. The molecule has 1 atom stereocenters. The van der Waals surface area contributed by atoms with Crippen LogP contribution < -0.4 is 15.8 Å². The molecule has 0 spiro atoms. The number of halogens is 6. The fraction of sp³-hybridized carbons (Fsp3) is 0.321. The van der Waals surface area contributed by atoms with Crippen molar-refractivity contribution in [1.29, 1.82) is 0 Å². The fourth-order valence-electron chi connectivity index (χ4n) is 4.94. The van der Waals surface area contributed by atoms with Crippen LogP contribution in [0.2, 0.25) is 10.0 Å². The second kappa shape index (κ2) is 12.7. The van der Waals surface area contributed by atoms with Crippen molar-refractivity contribution in [2.24, 2.45) is 0 Å². The van der Waals surface area contributed by atoms with Crippen molar-refractivity contribution in [3.05, 3.63) is 81.5 Å². The molecule has 1 aliphatic heterocycles. The first-order chi connectivity index (χ1) is 21.2. The number of fused-ring (bicyclic) bond motifs is 1. The van der Waals surface area contributed by atoms with Gasteiger partial charge >= 0.3 is 6.03 Å². The Morgan fingerprint density at radius 1 is 1.18 bits per heavy atom. The summed E-state index contributed by atoms with van der Waals surface area (Å²) < 4.78 is 62.5. The molecular weight excluding hydrogens is 643 g/mol. The maximum absolute atomic E-state index is 14.9. The number of benzene rings is 2. The van der Waals surface area contributed by atoms with Crippen LogP contribution in [0.1, 0.15) is 30.2 Å². The molecule has 3 heterocycles. The normalized spacial score (nSPS) is 14.3. The number of rotatable bonds is 10. The van der Waals surface area contributed by atoms with Gasteiger partial charge in [-0.2, -0.15) is 5.10 Å². The molecule has 238 valence electrons. The summed E-state index contributed by atoms with van der Waals surface area (Å²) in [6, 6.07) is 4.98. The Bertz CT molecular complexity index is 1730. The van der Waals surface area contributed by atoms with E-state index < -0.39 is 35.7 Å². The Hall–Kier alpha value is -4.21. The summed E-state index contributed by atoms with van der Waals surface area (Å²) in [5.41, 5.74) is 5.16. The molecule has 2 aromatic carbocycles. The number of anilines is 1. The van der Waals surface area contributed by atoms with Crippen LogP contribution in [0.15, 0.2) is 43.0 Å². The highest BCUT2D eigenvalue weighted by atomic mass is 35.5. The minimum Gasteiger partial charge on any atom is -0.493 e. The molecule has 1 unspecified atom stereocenters. The Balaban J connectivity index is 1.44. The number of nitrogen functional groups attached to an aromatic ring is 1. The average molecular weight is 669 g/mol. The lowest BCUT2D eigenvalue weighted by Crippen LogP contribution is -2.41. The van der Waals surface area contributed by atoms with Crippen molar-refractivity contribution in [3.63, 3.8) is 0 Å². The van der Waals surface area contributed by atoms with Gasteiger partial charge in [0.25, 0.3) is 5.92 Å². The number of carbonyl (C=O) groups is 1. The van der Waals surface area contributed by atoms with E-state index in [4.69, 9.17) is 33.7 Å². The van der Waals surface area contributed by atoms with Gasteiger partial charge in [0.1, 0.15) is 35.6 Å². The van der Waals surface area contributed by atoms with Gasteiger partial charge in [0.2, 0.25) is 5.95 Å². The predicted octanol–water partition coefficient (Wildman–Crippen LogP) is 4.94. The van der Waals surface area contributed by atoms with Gasteiger partial charge in [0.15, 0.2) is 0 Å². The Morgan fingerprint density at radius 2 is 1.96 bits per heavy atom. The molecule has 4 N–H and O–H groups in total. The largest absolute Gasteiger partial charge is 0.493 e. The van der Waals surface area contributed by atoms with E-state index in [2.05, 4.69) is 25.4 Å². The summed E-state index contributed by atoms with van der Waals surface area (Å²) in [5, 5.41) is 18.1. The summed E-state index contributed by atoms with van der Waals surface area (Å²) in [7, 11) is 0. The van der Waals surface area contributed by atoms with Crippen LogP contribution in [0.3, 0.4) is 0 Å². The lowest BCUT2D eigenvalue weighted by molar-refractivity contribution is -0.00789. The number of alkyl halides is 2. The molecule has 0 bridgehead atoms. The van der Waals surface area contributed by atoms with E-state index in [0.29, 0.717) is 24.2 Å². The Labute approximate surface area is 264 Å². The van der Waals surface area contributed by atoms with E-state index in [0.717, 1.165) is 12.1 Å². The van der Waals surface area contributed by atoms with Gasteiger partial charge in [-0.25, -0.2) is 42.0 Å². The van der Waals surface area contributed by atoms with Crippen molar-refractivity contribution in [1.82, 2.24) is 34.9 Å². The molecular formula is C28H26Cl2F4N8O3. The maximum atomic E-state index is 14.9. The van der Waals surface area contributed by atoms with Crippen LogP contribution in [0.5, 0.6) is 5.75 Å². The first-order valence-corrected chi connectivity index (χ1v) is 14.2. The second-order valence-electron chi connectivity index (χ2n) is 10.5. The van der Waals surface area contributed by atoms with Gasteiger partial charge in [-0.3, -0.25) is 0 Å². The van der Waals surface area contributed by atoms with Gasteiger partial charge in [-0.15, -0.1) is 0 Å². The third-order valence-electron chi connectivity index (χ3n) is 6.99. The third-order valence-corrected chi connectivity index (χ3v) is 7.50. The molecule has 0 radical (unpaired) electrons. The zero-order chi connectivity index (χ0) is 32.5. The molecule has 17 heteroatoms. The molecule has 2 aromatic heterocycles. The van der Waals surface area contributed by atoms with Crippen molar-refractivity contribution >= 4 is 35.2 Å². The lowest BCUT2D eigenvalue weighted by atomic mass is 9.90. The molecule has 0 saturated carbocycles. The number of aliphatic hydroxyl groups is 1. The molecule has 45 heavy (non-hydrogen) atoms. The standard InChI is InChI=1S/C28H26Cl2F4N8O3/c1-27(33,34)11-37-26(43)41-9-17-21(10-41)39-25(35)40-24(17)23-19(30)6-15(29)7-22(23)45-5-4-28(44,12-42-14-36-13-38-42)18-3-2-16(31)8-20(18)32/h2-3,6-8,13-14,44H,4-5,9-12H2,1H3,(H,37,43)(H2,35,39,40). The van der Waals surface area contributed by atoms with E-state index in [9.17, 15) is 27.5 Å². The van der Waals surface area contributed by atoms with Gasteiger partial charge in [-0.1, -0.05) is 29.3 Å². The van der Waals surface area contributed by atoms with Gasteiger partial charge < -0.3 is 25.8 Å². The number of nitrogens with zero attached hydrogens (tertiary/aromatic N) is 6. The Morgan fingerprint density at radius 3 is 2.64 bits per heavy atom. The highest BCUT2D eigenvalue weighted by Gasteiger charge is 2.35. The monoisotopic (exact) mass is 668 g/mol. The average Bonchev–Trinajstić information content (AvgIpc) is 3.60. The zero-order valence-electron chi connectivity index (χ0n) is 23.6. The number of nitrogens with two attached hydrogens (primary N) is 1. The summed E-state index contributed by atoms with van der Waals surface area (Å²) >= 11 is 12.9. The molecule has 0 saturated heterocycles. The molecule has 5 rings (SSSR count). The first kappa shape index (κ1) is 32.2. The quantitative estimate of drug-likeness (QED) is 0.202. The van der Waals surface area contributed by atoms with Crippen LogP contribution in [0.25, 0.3) is 11.3 Å². The second-order valence-corrected chi connectivity index (χ2v) is 11.4. The molecule has 1 aliphatic rings. The number of hydrogen-bond donors (Lipinski definition) is 3. The molecule has 0 aliphatic carbocycles. The first-order valence-electron chi connectivity index (χ1n) is 13.4. The van der Waals surface area contributed by atoms with E-state index in [1.165, 1.54) is 34.4 Å². The number of aromatic nitrogens is 5. The fourth-order valence-corrected chi connectivity index (χ4v) is 5.50. The van der Waals surface area contributed by atoms with Gasteiger partial charge in [0.05, 0.1) is 54.8 Å². The maximum Gasteiger partial charge on any atom is 0.318 e. The summed E-state index contributed by atoms with van der Waals surface area (Å²) in [5.74, 6) is -4.91. The van der Waals surface area contributed by atoms with Gasteiger partial charge in [0, 0.05) is 35.6 Å². The summed E-state index contributed by atoms with van der Waals surface area (Å²) in [6.45, 7) is -0.715. The molecule has 11 nitrogen and oxygen atoms in total.